The van der Waals surface area contributed by atoms with Gasteiger partial charge in [0.1, 0.15) is 0 Å². The van der Waals surface area contributed by atoms with Crippen molar-refractivity contribution in [3.8, 4) is 0 Å². The minimum absolute atomic E-state index is 0.624. The third-order valence-corrected chi connectivity index (χ3v) is 3.33. The molecule has 0 amide bonds. The lowest BCUT2D eigenvalue weighted by atomic mass is 10.2. The fourth-order valence-electron chi connectivity index (χ4n) is 1.89. The SMILES string of the molecule is CNc1cncc(N(C)C(C)C2CC2)c1. The van der Waals surface area contributed by atoms with E-state index in [0.717, 1.165) is 11.6 Å². The highest BCUT2D eigenvalue weighted by molar-refractivity contribution is 5.55. The summed E-state index contributed by atoms with van der Waals surface area (Å²) >= 11 is 0. The molecular weight excluding hydrogens is 186 g/mol. The Labute approximate surface area is 91.5 Å². The van der Waals surface area contributed by atoms with Crippen LogP contribution in [0.2, 0.25) is 0 Å². The smallest absolute Gasteiger partial charge is 0.0573 e. The Hall–Kier alpha value is -1.25. The second-order valence-electron chi connectivity index (χ2n) is 4.37. The molecule has 2 rings (SSSR count). The van der Waals surface area contributed by atoms with Gasteiger partial charge in [0.05, 0.1) is 23.8 Å². The lowest BCUT2D eigenvalue weighted by Crippen LogP contribution is -2.30. The van der Waals surface area contributed by atoms with Gasteiger partial charge in [0.25, 0.3) is 0 Å². The van der Waals surface area contributed by atoms with Gasteiger partial charge in [-0.15, -0.1) is 0 Å². The zero-order valence-corrected chi connectivity index (χ0v) is 9.70. The summed E-state index contributed by atoms with van der Waals surface area (Å²) in [5, 5.41) is 3.12. The molecule has 1 saturated carbocycles. The van der Waals surface area contributed by atoms with Crippen molar-refractivity contribution in [2.45, 2.75) is 25.8 Å². The van der Waals surface area contributed by atoms with Crippen molar-refractivity contribution < 1.29 is 0 Å². The average molecular weight is 205 g/mol. The number of hydrogen-bond acceptors (Lipinski definition) is 3. The highest BCUT2D eigenvalue weighted by Crippen LogP contribution is 2.36. The molecule has 0 saturated heterocycles. The molecule has 1 heterocycles. The fraction of sp³-hybridized carbons (Fsp3) is 0.583. The summed E-state index contributed by atoms with van der Waals surface area (Å²) in [6.07, 6.45) is 6.54. The number of aromatic nitrogens is 1. The van der Waals surface area contributed by atoms with Crippen molar-refractivity contribution in [1.82, 2.24) is 4.98 Å². The van der Waals surface area contributed by atoms with E-state index in [0.29, 0.717) is 6.04 Å². The average Bonchev–Trinajstić information content (AvgIpc) is 3.11. The Morgan fingerprint density at radius 1 is 1.47 bits per heavy atom. The largest absolute Gasteiger partial charge is 0.387 e. The molecule has 0 aliphatic heterocycles. The third kappa shape index (κ3) is 2.22. The van der Waals surface area contributed by atoms with Gasteiger partial charge in [-0.1, -0.05) is 0 Å². The Morgan fingerprint density at radius 2 is 2.20 bits per heavy atom. The molecule has 1 unspecified atom stereocenters. The molecule has 3 heteroatoms. The normalized spacial score (nSPS) is 17.3. The number of anilines is 2. The zero-order chi connectivity index (χ0) is 10.8. The molecular formula is C12H19N3. The van der Waals surface area contributed by atoms with Crippen molar-refractivity contribution in [3.63, 3.8) is 0 Å². The first kappa shape index (κ1) is 10.3. The van der Waals surface area contributed by atoms with Gasteiger partial charge in [0.2, 0.25) is 0 Å². The van der Waals surface area contributed by atoms with Gasteiger partial charge in [-0.05, 0) is 31.7 Å². The van der Waals surface area contributed by atoms with Crippen LogP contribution in [0.1, 0.15) is 19.8 Å². The molecule has 1 aromatic heterocycles. The van der Waals surface area contributed by atoms with Crippen molar-refractivity contribution in [2.75, 3.05) is 24.3 Å². The van der Waals surface area contributed by atoms with Crippen molar-refractivity contribution in [2.24, 2.45) is 5.92 Å². The van der Waals surface area contributed by atoms with Crippen LogP contribution in [0.5, 0.6) is 0 Å². The number of rotatable bonds is 4. The second-order valence-corrected chi connectivity index (χ2v) is 4.37. The van der Waals surface area contributed by atoms with E-state index in [1.165, 1.54) is 18.5 Å². The van der Waals surface area contributed by atoms with Crippen LogP contribution in [0, 0.1) is 5.92 Å². The van der Waals surface area contributed by atoms with Crippen molar-refractivity contribution in [3.05, 3.63) is 18.5 Å². The summed E-state index contributed by atoms with van der Waals surface area (Å²) in [5.41, 5.74) is 2.27. The van der Waals surface area contributed by atoms with E-state index < -0.39 is 0 Å². The van der Waals surface area contributed by atoms with E-state index in [1.54, 1.807) is 0 Å². The molecule has 1 aromatic rings. The standard InChI is InChI=1S/C12H19N3/c1-9(10-4-5-10)15(3)12-6-11(13-2)7-14-8-12/h6-10,13H,4-5H2,1-3H3. The maximum absolute atomic E-state index is 4.23. The van der Waals surface area contributed by atoms with Crippen LogP contribution in [0.15, 0.2) is 18.5 Å². The molecule has 0 spiro atoms. The van der Waals surface area contributed by atoms with Crippen LogP contribution in [-0.2, 0) is 0 Å². The van der Waals surface area contributed by atoms with Gasteiger partial charge >= 0.3 is 0 Å². The van der Waals surface area contributed by atoms with E-state index in [2.05, 4.69) is 35.2 Å². The first-order chi connectivity index (χ1) is 7.22. The molecule has 15 heavy (non-hydrogen) atoms. The number of pyridine rings is 1. The third-order valence-electron chi connectivity index (χ3n) is 3.33. The van der Waals surface area contributed by atoms with E-state index >= 15 is 0 Å². The van der Waals surface area contributed by atoms with Gasteiger partial charge < -0.3 is 10.2 Å². The monoisotopic (exact) mass is 205 g/mol. The quantitative estimate of drug-likeness (QED) is 0.818. The molecule has 82 valence electrons. The van der Waals surface area contributed by atoms with Crippen molar-refractivity contribution >= 4 is 11.4 Å². The molecule has 1 aliphatic carbocycles. The topological polar surface area (TPSA) is 28.2 Å². The van der Waals surface area contributed by atoms with E-state index in [-0.39, 0.29) is 0 Å². The lowest BCUT2D eigenvalue weighted by molar-refractivity contribution is 0.608. The summed E-state index contributed by atoms with van der Waals surface area (Å²) < 4.78 is 0. The zero-order valence-electron chi connectivity index (χ0n) is 9.70. The minimum atomic E-state index is 0.624. The highest BCUT2D eigenvalue weighted by Gasteiger charge is 2.30. The number of nitrogens with zero attached hydrogens (tertiary/aromatic N) is 2. The Balaban J connectivity index is 2.12. The van der Waals surface area contributed by atoms with Crippen LogP contribution in [0.4, 0.5) is 11.4 Å². The summed E-state index contributed by atoms with van der Waals surface area (Å²) in [5.74, 6) is 0.883. The molecule has 0 bridgehead atoms. The lowest BCUT2D eigenvalue weighted by Gasteiger charge is -2.27. The second kappa shape index (κ2) is 4.09. The van der Waals surface area contributed by atoms with Crippen LogP contribution < -0.4 is 10.2 Å². The summed E-state index contributed by atoms with van der Waals surface area (Å²) in [6, 6.07) is 2.77. The molecule has 1 fully saturated rings. The van der Waals surface area contributed by atoms with E-state index in [4.69, 9.17) is 0 Å². The van der Waals surface area contributed by atoms with Gasteiger partial charge in [-0.25, -0.2) is 0 Å². The first-order valence-corrected chi connectivity index (χ1v) is 5.58. The van der Waals surface area contributed by atoms with Gasteiger partial charge in [0.15, 0.2) is 0 Å². The predicted octanol–water partition coefficient (Wildman–Crippen LogP) is 2.36. The summed E-state index contributed by atoms with van der Waals surface area (Å²) in [4.78, 5) is 6.56. The van der Waals surface area contributed by atoms with E-state index in [9.17, 15) is 0 Å². The molecule has 1 N–H and O–H groups in total. The van der Waals surface area contributed by atoms with Gasteiger partial charge in [-0.2, -0.15) is 0 Å². The Kier molecular flexibility index (Phi) is 2.80. The highest BCUT2D eigenvalue weighted by atomic mass is 15.1. The van der Waals surface area contributed by atoms with Crippen LogP contribution in [0.3, 0.4) is 0 Å². The Bertz CT molecular complexity index is 333. The van der Waals surface area contributed by atoms with Crippen LogP contribution >= 0.6 is 0 Å². The van der Waals surface area contributed by atoms with Gasteiger partial charge in [0, 0.05) is 20.1 Å². The molecule has 1 atom stereocenters. The van der Waals surface area contributed by atoms with Crippen molar-refractivity contribution in [1.29, 1.82) is 0 Å². The fourth-order valence-corrected chi connectivity index (χ4v) is 1.89. The van der Waals surface area contributed by atoms with E-state index in [1.807, 2.05) is 19.4 Å². The van der Waals surface area contributed by atoms with Gasteiger partial charge in [-0.3, -0.25) is 4.98 Å². The first-order valence-electron chi connectivity index (χ1n) is 5.58. The predicted molar refractivity (Wildman–Crippen MR) is 64.4 cm³/mol. The molecule has 1 aliphatic rings. The minimum Gasteiger partial charge on any atom is -0.387 e. The van der Waals surface area contributed by atoms with Crippen LogP contribution in [0.25, 0.3) is 0 Å². The van der Waals surface area contributed by atoms with Crippen LogP contribution in [-0.4, -0.2) is 25.1 Å². The summed E-state index contributed by atoms with van der Waals surface area (Å²) in [7, 11) is 4.07. The Morgan fingerprint density at radius 3 is 2.80 bits per heavy atom. The molecule has 0 radical (unpaired) electrons. The maximum Gasteiger partial charge on any atom is 0.0573 e. The molecule has 3 nitrogen and oxygen atoms in total. The number of hydrogen-bond donors (Lipinski definition) is 1. The number of nitrogens with one attached hydrogen (secondary N) is 1. The summed E-state index contributed by atoms with van der Waals surface area (Å²) in [6.45, 7) is 2.30. The maximum atomic E-state index is 4.23. The molecule has 0 aromatic carbocycles.